The highest BCUT2D eigenvalue weighted by atomic mass is 35.5. The number of benzene rings is 2. The number of fused-ring (bicyclic) bond motifs is 4. The summed E-state index contributed by atoms with van der Waals surface area (Å²) in [5.74, 6) is 0.107. The molecule has 2 amide bonds. The van der Waals surface area contributed by atoms with Gasteiger partial charge < -0.3 is 15.5 Å². The molecule has 0 saturated carbocycles. The Labute approximate surface area is 188 Å². The minimum atomic E-state index is -0.175. The second-order valence-electron chi connectivity index (χ2n) is 8.94. The van der Waals surface area contributed by atoms with Crippen molar-refractivity contribution in [2.24, 2.45) is 5.92 Å². The van der Waals surface area contributed by atoms with Gasteiger partial charge in [-0.05, 0) is 61.9 Å². The molecule has 3 aliphatic rings. The van der Waals surface area contributed by atoms with Crippen LogP contribution in [0.3, 0.4) is 0 Å². The van der Waals surface area contributed by atoms with Gasteiger partial charge in [0.25, 0.3) is 5.91 Å². The average molecular weight is 438 g/mol. The summed E-state index contributed by atoms with van der Waals surface area (Å²) in [7, 11) is 0. The van der Waals surface area contributed by atoms with E-state index < -0.39 is 0 Å². The number of rotatable bonds is 3. The normalized spacial score (nSPS) is 25.8. The molecule has 31 heavy (non-hydrogen) atoms. The summed E-state index contributed by atoms with van der Waals surface area (Å²) >= 11 is 6.61. The first kappa shape index (κ1) is 20.5. The lowest BCUT2D eigenvalue weighted by Gasteiger charge is -2.49. The fourth-order valence-corrected chi connectivity index (χ4v) is 5.82. The molecule has 2 aromatic rings. The van der Waals surface area contributed by atoms with Gasteiger partial charge in [-0.15, -0.1) is 0 Å². The Morgan fingerprint density at radius 2 is 2.03 bits per heavy atom. The van der Waals surface area contributed by atoms with Crippen molar-refractivity contribution in [2.45, 2.75) is 50.7 Å². The predicted octanol–water partition coefficient (Wildman–Crippen LogP) is 4.03. The van der Waals surface area contributed by atoms with Crippen LogP contribution in [-0.2, 0) is 11.2 Å². The van der Waals surface area contributed by atoms with Gasteiger partial charge in [-0.1, -0.05) is 48.0 Å². The lowest BCUT2D eigenvalue weighted by molar-refractivity contribution is -0.145. The maximum Gasteiger partial charge on any atom is 0.253 e. The van der Waals surface area contributed by atoms with E-state index in [9.17, 15) is 9.59 Å². The van der Waals surface area contributed by atoms with Gasteiger partial charge in [-0.2, -0.15) is 0 Å². The number of nitrogens with one attached hydrogen (secondary N) is 2. The molecule has 2 fully saturated rings. The Morgan fingerprint density at radius 1 is 1.23 bits per heavy atom. The van der Waals surface area contributed by atoms with E-state index in [-0.39, 0.29) is 35.9 Å². The van der Waals surface area contributed by atoms with Crippen LogP contribution in [0.15, 0.2) is 42.5 Å². The highest BCUT2D eigenvalue weighted by molar-refractivity contribution is 6.34. The molecule has 2 N–H and O–H groups in total. The first-order valence-corrected chi connectivity index (χ1v) is 11.6. The van der Waals surface area contributed by atoms with Gasteiger partial charge in [0.15, 0.2) is 0 Å². The summed E-state index contributed by atoms with van der Waals surface area (Å²) in [4.78, 5) is 28.7. The monoisotopic (exact) mass is 437 g/mol. The number of amides is 2. The van der Waals surface area contributed by atoms with Crippen LogP contribution in [0.4, 0.5) is 0 Å². The lowest BCUT2D eigenvalue weighted by atomic mass is 9.76. The zero-order valence-corrected chi connectivity index (χ0v) is 18.5. The Hall–Kier alpha value is -2.37. The Balaban J connectivity index is 1.49. The second-order valence-corrected chi connectivity index (χ2v) is 9.35. The van der Waals surface area contributed by atoms with Crippen molar-refractivity contribution in [1.82, 2.24) is 15.5 Å². The fraction of sp³-hybridized carbons (Fsp3) is 0.440. The molecular weight excluding hydrogens is 410 g/mol. The molecule has 0 aromatic heterocycles. The molecule has 5 rings (SSSR count). The van der Waals surface area contributed by atoms with Gasteiger partial charge in [0.05, 0.1) is 28.6 Å². The largest absolute Gasteiger partial charge is 0.345 e. The van der Waals surface area contributed by atoms with Crippen LogP contribution in [-0.4, -0.2) is 35.8 Å². The maximum atomic E-state index is 13.4. The molecule has 3 heterocycles. The highest BCUT2D eigenvalue weighted by Gasteiger charge is 2.46. The van der Waals surface area contributed by atoms with E-state index >= 15 is 0 Å². The number of carbonyl (C=O) groups excluding carboxylic acids is 2. The minimum absolute atomic E-state index is 0.0566. The zero-order valence-electron chi connectivity index (χ0n) is 17.7. The molecule has 0 radical (unpaired) electrons. The number of piperidine rings is 2. The molecule has 0 aliphatic carbocycles. The van der Waals surface area contributed by atoms with Gasteiger partial charge in [0, 0.05) is 12.6 Å². The predicted molar refractivity (Wildman–Crippen MR) is 121 cm³/mol. The Bertz CT molecular complexity index is 1010. The van der Waals surface area contributed by atoms with Crippen LogP contribution < -0.4 is 10.6 Å². The van der Waals surface area contributed by atoms with Crippen molar-refractivity contribution in [1.29, 1.82) is 0 Å². The molecule has 2 saturated heterocycles. The van der Waals surface area contributed by atoms with Gasteiger partial charge >= 0.3 is 0 Å². The highest BCUT2D eigenvalue weighted by Crippen LogP contribution is 2.44. The summed E-state index contributed by atoms with van der Waals surface area (Å²) in [6.07, 6.45) is 3.58. The van der Waals surface area contributed by atoms with Crippen molar-refractivity contribution in [2.75, 3.05) is 13.1 Å². The topological polar surface area (TPSA) is 61.4 Å². The number of hydrogen-bond acceptors (Lipinski definition) is 3. The third-order valence-corrected chi connectivity index (χ3v) is 7.47. The van der Waals surface area contributed by atoms with E-state index in [1.807, 2.05) is 54.3 Å². The first-order chi connectivity index (χ1) is 15.0. The molecular formula is C25H28ClN3O2. The quantitative estimate of drug-likeness (QED) is 0.762. The Kier molecular flexibility index (Phi) is 5.49. The van der Waals surface area contributed by atoms with Gasteiger partial charge in [0.1, 0.15) is 0 Å². The smallest absolute Gasteiger partial charge is 0.253 e. The van der Waals surface area contributed by atoms with Crippen molar-refractivity contribution in [3.63, 3.8) is 0 Å². The molecule has 5 nitrogen and oxygen atoms in total. The van der Waals surface area contributed by atoms with Crippen molar-refractivity contribution in [3.05, 3.63) is 69.7 Å². The number of nitrogens with zero attached hydrogens (tertiary/aromatic N) is 1. The van der Waals surface area contributed by atoms with Crippen molar-refractivity contribution in [3.8, 4) is 0 Å². The third kappa shape index (κ3) is 3.64. The summed E-state index contributed by atoms with van der Waals surface area (Å²) < 4.78 is 0. The Morgan fingerprint density at radius 3 is 2.84 bits per heavy atom. The van der Waals surface area contributed by atoms with Gasteiger partial charge in [-0.3, -0.25) is 9.59 Å². The molecule has 0 spiro atoms. The van der Waals surface area contributed by atoms with E-state index in [2.05, 4.69) is 10.6 Å². The second kappa shape index (κ2) is 8.29. The molecule has 6 heteroatoms. The molecule has 2 aromatic carbocycles. The molecule has 162 valence electrons. The standard InChI is InChI=1S/C25H28ClN3O2/c1-15(16-6-3-2-4-7-16)28-24(30)23-19(26)10-9-17-11-13-29-21(22(17)23)14-20-18(25(29)31)8-5-12-27-20/h2-4,6-7,9-10,15,18,20-21,27H,5,8,11-14H2,1H3,(H,28,30)/t15-,18+,20+,21-/m1/s1. The van der Waals surface area contributed by atoms with E-state index in [1.54, 1.807) is 0 Å². The van der Waals surface area contributed by atoms with Crippen LogP contribution in [0.1, 0.15) is 65.3 Å². The lowest BCUT2D eigenvalue weighted by Crippen LogP contribution is -2.58. The van der Waals surface area contributed by atoms with E-state index in [0.717, 1.165) is 48.9 Å². The van der Waals surface area contributed by atoms with Crippen LogP contribution >= 0.6 is 11.6 Å². The average Bonchev–Trinajstić information content (AvgIpc) is 2.79. The van der Waals surface area contributed by atoms with Crippen LogP contribution in [0.5, 0.6) is 0 Å². The van der Waals surface area contributed by atoms with Crippen molar-refractivity contribution >= 4 is 23.4 Å². The number of hydrogen-bond donors (Lipinski definition) is 2. The number of halogens is 1. The van der Waals surface area contributed by atoms with Crippen molar-refractivity contribution < 1.29 is 9.59 Å². The van der Waals surface area contributed by atoms with E-state index in [1.165, 1.54) is 0 Å². The SMILES string of the molecule is C[C@@H](NC(=O)c1c(Cl)ccc2c1[C@H]1C[C@@H]3NCCC[C@@H]3C(=O)N1CC2)c1ccccc1. The summed E-state index contributed by atoms with van der Waals surface area (Å²) in [6, 6.07) is 13.7. The van der Waals surface area contributed by atoms with Crippen LogP contribution in [0, 0.1) is 5.92 Å². The summed E-state index contributed by atoms with van der Waals surface area (Å²) in [5.41, 5.74) is 3.64. The van der Waals surface area contributed by atoms with Gasteiger partial charge in [-0.25, -0.2) is 0 Å². The number of carbonyl (C=O) groups is 2. The molecule has 0 unspecified atom stereocenters. The molecule has 0 bridgehead atoms. The summed E-state index contributed by atoms with van der Waals surface area (Å²) in [6.45, 7) is 3.64. The maximum absolute atomic E-state index is 13.4. The summed E-state index contributed by atoms with van der Waals surface area (Å²) in [5, 5.41) is 7.12. The zero-order chi connectivity index (χ0) is 21.5. The van der Waals surface area contributed by atoms with Crippen LogP contribution in [0.2, 0.25) is 5.02 Å². The van der Waals surface area contributed by atoms with Crippen LogP contribution in [0.25, 0.3) is 0 Å². The van der Waals surface area contributed by atoms with E-state index in [4.69, 9.17) is 11.6 Å². The van der Waals surface area contributed by atoms with E-state index in [0.29, 0.717) is 17.1 Å². The van der Waals surface area contributed by atoms with Gasteiger partial charge in [0.2, 0.25) is 5.91 Å². The fourth-order valence-electron chi connectivity index (χ4n) is 5.57. The molecule has 4 atom stereocenters. The first-order valence-electron chi connectivity index (χ1n) is 11.3. The molecule has 3 aliphatic heterocycles. The third-order valence-electron chi connectivity index (χ3n) is 7.15. The minimum Gasteiger partial charge on any atom is -0.345 e.